The van der Waals surface area contributed by atoms with Crippen LogP contribution in [0.25, 0.3) is 0 Å². The quantitative estimate of drug-likeness (QED) is 0.812. The Labute approximate surface area is 128 Å². The van der Waals surface area contributed by atoms with Gasteiger partial charge in [-0.25, -0.2) is 0 Å². The van der Waals surface area contributed by atoms with Gasteiger partial charge in [-0.1, -0.05) is 18.6 Å². The molecule has 3 nitrogen and oxygen atoms in total. The monoisotopic (exact) mass is 288 g/mol. The number of nitrogens with zero attached hydrogens (tertiary/aromatic N) is 1. The molecule has 1 aromatic carbocycles. The summed E-state index contributed by atoms with van der Waals surface area (Å²) in [5.74, 6) is 1.03. The van der Waals surface area contributed by atoms with E-state index in [2.05, 4.69) is 34.5 Å². The molecule has 21 heavy (non-hydrogen) atoms. The number of nitrogens with one attached hydrogen (secondary N) is 1. The minimum atomic E-state index is 0.530. The molecule has 0 spiro atoms. The number of hydrogen-bond donors (Lipinski definition) is 1. The van der Waals surface area contributed by atoms with E-state index < -0.39 is 0 Å². The first-order valence-electron chi connectivity index (χ1n) is 8.60. The zero-order valence-corrected chi connectivity index (χ0v) is 13.0. The molecule has 0 aliphatic carbocycles. The third kappa shape index (κ3) is 4.45. The summed E-state index contributed by atoms with van der Waals surface area (Å²) in [6.45, 7) is 5.72. The van der Waals surface area contributed by atoms with Crippen molar-refractivity contribution in [1.82, 2.24) is 10.2 Å². The lowest BCUT2D eigenvalue weighted by molar-refractivity contribution is 0.205. The topological polar surface area (TPSA) is 24.5 Å². The van der Waals surface area contributed by atoms with Crippen molar-refractivity contribution in [3.05, 3.63) is 29.8 Å². The van der Waals surface area contributed by atoms with Crippen LogP contribution in [-0.4, -0.2) is 37.7 Å². The third-order valence-corrected chi connectivity index (χ3v) is 4.66. The van der Waals surface area contributed by atoms with Crippen LogP contribution in [0.4, 0.5) is 0 Å². The molecule has 116 valence electrons. The maximum atomic E-state index is 5.94. The highest BCUT2D eigenvalue weighted by atomic mass is 16.5. The first kappa shape index (κ1) is 14.9. The number of hydrogen-bond acceptors (Lipinski definition) is 3. The molecule has 1 aromatic rings. The van der Waals surface area contributed by atoms with Crippen LogP contribution < -0.4 is 10.1 Å². The first-order chi connectivity index (χ1) is 10.4. The Bertz CT molecular complexity index is 423. The lowest BCUT2D eigenvalue weighted by Crippen LogP contribution is -2.31. The number of ether oxygens (including phenoxy) is 1. The zero-order valence-electron chi connectivity index (χ0n) is 13.0. The van der Waals surface area contributed by atoms with Gasteiger partial charge >= 0.3 is 0 Å². The summed E-state index contributed by atoms with van der Waals surface area (Å²) in [6.07, 6.45) is 7.82. The Hall–Kier alpha value is -1.06. The normalized spacial score (nSPS) is 23.3. The second-order valence-electron chi connectivity index (χ2n) is 6.33. The molecule has 2 aliphatic rings. The molecule has 0 saturated carbocycles. The second-order valence-corrected chi connectivity index (χ2v) is 6.33. The van der Waals surface area contributed by atoms with Crippen LogP contribution in [0, 0.1) is 0 Å². The van der Waals surface area contributed by atoms with Crippen LogP contribution in [-0.2, 0) is 0 Å². The molecule has 2 aliphatic heterocycles. The molecular formula is C18H28N2O. The van der Waals surface area contributed by atoms with Crippen molar-refractivity contribution in [2.24, 2.45) is 0 Å². The summed E-state index contributed by atoms with van der Waals surface area (Å²) < 4.78 is 5.94. The largest absolute Gasteiger partial charge is 0.494 e. The number of likely N-dealkylation sites (tertiary alicyclic amines) is 1. The van der Waals surface area contributed by atoms with Crippen LogP contribution in [0.1, 0.15) is 50.1 Å². The average molecular weight is 288 g/mol. The van der Waals surface area contributed by atoms with E-state index in [-0.39, 0.29) is 0 Å². The lowest BCUT2D eigenvalue weighted by atomic mass is 10.1. The minimum Gasteiger partial charge on any atom is -0.494 e. The van der Waals surface area contributed by atoms with Gasteiger partial charge in [0, 0.05) is 12.6 Å². The van der Waals surface area contributed by atoms with Gasteiger partial charge in [0.15, 0.2) is 0 Å². The molecule has 2 saturated heterocycles. The highest BCUT2D eigenvalue weighted by Gasteiger charge is 2.16. The Kier molecular flexibility index (Phi) is 5.53. The number of benzene rings is 1. The standard InChI is InChI=1S/C18H28N2O/c1-2-11-20(12-3-1)13-6-14-21-17-8-4-7-16(15-17)18-9-5-10-19-18/h4,7-8,15,18-19H,1-3,5-6,9-14H2. The summed E-state index contributed by atoms with van der Waals surface area (Å²) in [5.41, 5.74) is 1.38. The van der Waals surface area contributed by atoms with E-state index in [1.807, 2.05) is 0 Å². The van der Waals surface area contributed by atoms with Crippen molar-refractivity contribution in [2.45, 2.75) is 44.6 Å². The SMILES string of the molecule is c1cc(OCCCN2CCCCC2)cc(C2CCCN2)c1. The molecule has 3 heteroatoms. The van der Waals surface area contributed by atoms with Crippen molar-refractivity contribution >= 4 is 0 Å². The fourth-order valence-electron chi connectivity index (χ4n) is 3.45. The highest BCUT2D eigenvalue weighted by molar-refractivity contribution is 5.31. The van der Waals surface area contributed by atoms with Crippen LogP contribution in [0.2, 0.25) is 0 Å². The summed E-state index contributed by atoms with van der Waals surface area (Å²) in [7, 11) is 0. The highest BCUT2D eigenvalue weighted by Crippen LogP contribution is 2.25. The van der Waals surface area contributed by atoms with Gasteiger partial charge in [-0.2, -0.15) is 0 Å². The first-order valence-corrected chi connectivity index (χ1v) is 8.60. The van der Waals surface area contributed by atoms with Crippen molar-refractivity contribution in [3.63, 3.8) is 0 Å². The fraction of sp³-hybridized carbons (Fsp3) is 0.667. The maximum Gasteiger partial charge on any atom is 0.119 e. The zero-order chi connectivity index (χ0) is 14.3. The Morgan fingerprint density at radius 3 is 2.86 bits per heavy atom. The summed E-state index contributed by atoms with van der Waals surface area (Å²) in [6, 6.07) is 9.16. The smallest absolute Gasteiger partial charge is 0.119 e. The van der Waals surface area contributed by atoms with Gasteiger partial charge in [0.05, 0.1) is 6.61 Å². The minimum absolute atomic E-state index is 0.530. The average Bonchev–Trinajstić information content (AvgIpc) is 3.07. The van der Waals surface area contributed by atoms with Crippen LogP contribution in [0.15, 0.2) is 24.3 Å². The van der Waals surface area contributed by atoms with Crippen LogP contribution in [0.3, 0.4) is 0 Å². The van der Waals surface area contributed by atoms with E-state index in [1.165, 1.54) is 57.3 Å². The molecule has 1 atom stereocenters. The maximum absolute atomic E-state index is 5.94. The van der Waals surface area contributed by atoms with Gasteiger partial charge < -0.3 is 15.0 Å². The Balaban J connectivity index is 1.41. The van der Waals surface area contributed by atoms with Crippen LogP contribution >= 0.6 is 0 Å². The molecule has 2 heterocycles. The summed E-state index contributed by atoms with van der Waals surface area (Å²) in [4.78, 5) is 2.58. The van der Waals surface area contributed by atoms with Gasteiger partial charge in [-0.15, -0.1) is 0 Å². The number of rotatable bonds is 6. The predicted molar refractivity (Wildman–Crippen MR) is 86.8 cm³/mol. The molecule has 0 bridgehead atoms. The van der Waals surface area contributed by atoms with Gasteiger partial charge in [0.2, 0.25) is 0 Å². The van der Waals surface area contributed by atoms with Gasteiger partial charge in [-0.3, -0.25) is 0 Å². The van der Waals surface area contributed by atoms with Crippen molar-refractivity contribution in [3.8, 4) is 5.75 Å². The molecule has 1 unspecified atom stereocenters. The van der Waals surface area contributed by atoms with Gasteiger partial charge in [0.25, 0.3) is 0 Å². The van der Waals surface area contributed by atoms with Crippen LogP contribution in [0.5, 0.6) is 5.75 Å². The molecule has 3 rings (SSSR count). The van der Waals surface area contributed by atoms with E-state index in [4.69, 9.17) is 4.74 Å². The third-order valence-electron chi connectivity index (χ3n) is 4.66. The lowest BCUT2D eigenvalue weighted by Gasteiger charge is -2.26. The molecule has 0 radical (unpaired) electrons. The van der Waals surface area contributed by atoms with E-state index in [0.717, 1.165) is 25.3 Å². The molecular weight excluding hydrogens is 260 g/mol. The van der Waals surface area contributed by atoms with E-state index in [1.54, 1.807) is 0 Å². The predicted octanol–water partition coefficient (Wildman–Crippen LogP) is 3.37. The Morgan fingerprint density at radius 1 is 1.14 bits per heavy atom. The number of piperidine rings is 1. The molecule has 0 amide bonds. The summed E-state index contributed by atoms with van der Waals surface area (Å²) in [5, 5.41) is 3.55. The second kappa shape index (κ2) is 7.81. The van der Waals surface area contributed by atoms with E-state index in [9.17, 15) is 0 Å². The van der Waals surface area contributed by atoms with Crippen molar-refractivity contribution in [2.75, 3.05) is 32.8 Å². The van der Waals surface area contributed by atoms with Gasteiger partial charge in [-0.05, 0) is 69.4 Å². The van der Waals surface area contributed by atoms with E-state index in [0.29, 0.717) is 6.04 Å². The Morgan fingerprint density at radius 2 is 2.05 bits per heavy atom. The van der Waals surface area contributed by atoms with Gasteiger partial charge in [0.1, 0.15) is 5.75 Å². The molecule has 2 fully saturated rings. The van der Waals surface area contributed by atoms with Crippen molar-refractivity contribution < 1.29 is 4.74 Å². The van der Waals surface area contributed by atoms with E-state index >= 15 is 0 Å². The fourth-order valence-corrected chi connectivity index (χ4v) is 3.45. The molecule has 1 N–H and O–H groups in total. The summed E-state index contributed by atoms with van der Waals surface area (Å²) >= 11 is 0. The van der Waals surface area contributed by atoms with Crippen molar-refractivity contribution in [1.29, 1.82) is 0 Å². The molecule has 0 aromatic heterocycles.